The second-order valence-corrected chi connectivity index (χ2v) is 14.6. The SMILES string of the molecule is CCCC(NC(=O)[C@@H]1CCCCNC(=O)CCCC(=O)N[C@H](CCOO)C(=O)N[C@@H](C2CCCCC2)C(=O)N1)C(=O)C(=O)NCC(=O)N[C@H](C(N)=O)c1ccccc1. The minimum absolute atomic E-state index is 0.0365. The number of amides is 8. The van der Waals surface area contributed by atoms with Crippen LogP contribution < -0.4 is 43.0 Å². The zero-order chi connectivity index (χ0) is 42.5. The number of nitrogens with one attached hydrogen (secondary N) is 7. The van der Waals surface area contributed by atoms with E-state index in [-0.39, 0.29) is 63.5 Å². The van der Waals surface area contributed by atoms with E-state index in [1.54, 1.807) is 37.3 Å². The molecule has 1 aromatic rings. The normalized spacial score (nSPS) is 21.6. The summed E-state index contributed by atoms with van der Waals surface area (Å²) in [6.45, 7) is 1.02. The van der Waals surface area contributed by atoms with E-state index in [9.17, 15) is 43.2 Å². The van der Waals surface area contributed by atoms with Crippen molar-refractivity contribution in [2.45, 2.75) is 127 Å². The van der Waals surface area contributed by atoms with Gasteiger partial charge in [-0.05, 0) is 56.4 Å². The number of carbonyl (C=O) groups excluding carboxylic acids is 9. The second kappa shape index (κ2) is 25.0. The van der Waals surface area contributed by atoms with Crippen LogP contribution in [-0.2, 0) is 48.0 Å². The summed E-state index contributed by atoms with van der Waals surface area (Å²) < 4.78 is 0. The van der Waals surface area contributed by atoms with Gasteiger partial charge < -0.3 is 43.0 Å². The van der Waals surface area contributed by atoms with Crippen LogP contribution in [0, 0.1) is 5.92 Å². The van der Waals surface area contributed by atoms with Gasteiger partial charge in [-0.1, -0.05) is 62.9 Å². The third-order valence-electron chi connectivity index (χ3n) is 10.1. The molecule has 0 bridgehead atoms. The number of ketones is 1. The predicted octanol–water partition coefficient (Wildman–Crippen LogP) is -0.316. The number of nitrogens with two attached hydrogens (primary N) is 1. The lowest BCUT2D eigenvalue weighted by Crippen LogP contribution is -2.60. The number of hydrogen-bond acceptors (Lipinski definition) is 11. The Morgan fingerprint density at radius 2 is 1.53 bits per heavy atom. The maximum Gasteiger partial charge on any atom is 0.290 e. The van der Waals surface area contributed by atoms with Gasteiger partial charge in [0.2, 0.25) is 47.1 Å². The monoisotopic (exact) mass is 814 g/mol. The van der Waals surface area contributed by atoms with E-state index in [1.165, 1.54) is 0 Å². The lowest BCUT2D eigenvalue weighted by molar-refractivity contribution is -0.243. The molecule has 1 aromatic carbocycles. The third kappa shape index (κ3) is 15.8. The molecular formula is C39H58N8O11. The molecule has 0 aromatic heterocycles. The molecule has 320 valence electrons. The van der Waals surface area contributed by atoms with Crippen molar-refractivity contribution in [1.29, 1.82) is 0 Å². The van der Waals surface area contributed by atoms with Crippen molar-refractivity contribution in [2.24, 2.45) is 11.7 Å². The molecule has 10 N–H and O–H groups in total. The van der Waals surface area contributed by atoms with Crippen LogP contribution in [0.15, 0.2) is 30.3 Å². The van der Waals surface area contributed by atoms with Crippen molar-refractivity contribution in [3.05, 3.63) is 35.9 Å². The number of benzene rings is 1. The highest BCUT2D eigenvalue weighted by Crippen LogP contribution is 2.27. The van der Waals surface area contributed by atoms with E-state index in [0.717, 1.165) is 19.3 Å². The van der Waals surface area contributed by atoms with Crippen LogP contribution in [-0.4, -0.2) is 102 Å². The highest BCUT2D eigenvalue weighted by atomic mass is 17.1. The maximum absolute atomic E-state index is 14.1. The molecule has 1 aliphatic carbocycles. The van der Waals surface area contributed by atoms with Crippen LogP contribution in [0.3, 0.4) is 0 Å². The van der Waals surface area contributed by atoms with Gasteiger partial charge in [0.25, 0.3) is 5.91 Å². The van der Waals surface area contributed by atoms with Crippen molar-refractivity contribution >= 4 is 53.0 Å². The number of primary amides is 1. The van der Waals surface area contributed by atoms with Crippen molar-refractivity contribution < 1.29 is 53.3 Å². The fraction of sp³-hybridized carbons (Fsp3) is 0.615. The standard InChI is InChI=1S/C39H58N8O11/c1-2-12-26(34(51)39(56)42-23-31(50)46-32(35(40)52)24-13-5-3-6-14-24)44-36(53)27-17-9-10-21-41-29(48)18-11-19-30(49)43-28(20-22-58-57)37(54)47-33(38(55)45-27)25-15-7-4-8-16-25/h3,5-6,13-14,25-28,32-33,57H,2,4,7-12,15-23H2,1H3,(H2,40,52)(H,41,48)(H,42,56)(H,43,49)(H,44,53)(H,45,55)(H,46,50)(H,47,54)/t26?,27-,28+,32-,33-/m0/s1. The first-order chi connectivity index (χ1) is 27.8. The van der Waals surface area contributed by atoms with Gasteiger partial charge in [-0.25, -0.2) is 4.89 Å². The Kier molecular flexibility index (Phi) is 20.3. The fourth-order valence-corrected chi connectivity index (χ4v) is 6.97. The van der Waals surface area contributed by atoms with Gasteiger partial charge in [0.1, 0.15) is 24.2 Å². The third-order valence-corrected chi connectivity index (χ3v) is 10.1. The summed E-state index contributed by atoms with van der Waals surface area (Å²) in [5.74, 6) is -7.07. The number of rotatable bonds is 15. The molecule has 3 rings (SSSR count). The Labute approximate surface area is 337 Å². The van der Waals surface area contributed by atoms with Gasteiger partial charge in [-0.15, -0.1) is 0 Å². The summed E-state index contributed by atoms with van der Waals surface area (Å²) in [6.07, 6.45) is 5.16. The van der Waals surface area contributed by atoms with Crippen molar-refractivity contribution in [1.82, 2.24) is 37.2 Å². The Balaban J connectivity index is 1.78. The van der Waals surface area contributed by atoms with Crippen molar-refractivity contribution in [3.8, 4) is 0 Å². The summed E-state index contributed by atoms with van der Waals surface area (Å²) in [5, 5.41) is 27.1. The quantitative estimate of drug-likeness (QED) is 0.0629. The molecule has 0 spiro atoms. The largest absolute Gasteiger partial charge is 0.368 e. The molecule has 1 saturated carbocycles. The van der Waals surface area contributed by atoms with E-state index >= 15 is 0 Å². The molecule has 2 fully saturated rings. The highest BCUT2D eigenvalue weighted by Gasteiger charge is 2.36. The summed E-state index contributed by atoms with van der Waals surface area (Å²) in [6, 6.07) is 2.17. The zero-order valence-electron chi connectivity index (χ0n) is 33.0. The minimum Gasteiger partial charge on any atom is -0.368 e. The van der Waals surface area contributed by atoms with Crippen LogP contribution in [0.25, 0.3) is 0 Å². The van der Waals surface area contributed by atoms with Gasteiger partial charge in [0.15, 0.2) is 0 Å². The predicted molar refractivity (Wildman–Crippen MR) is 208 cm³/mol. The molecule has 0 radical (unpaired) electrons. The first kappa shape index (κ1) is 46.9. The molecule has 1 unspecified atom stereocenters. The summed E-state index contributed by atoms with van der Waals surface area (Å²) >= 11 is 0. The molecule has 1 heterocycles. The Hall–Kier alpha value is -5.43. The van der Waals surface area contributed by atoms with E-state index in [1.807, 2.05) is 0 Å². The Bertz CT molecular complexity index is 1590. The van der Waals surface area contributed by atoms with Crippen molar-refractivity contribution in [2.75, 3.05) is 19.7 Å². The molecule has 8 amide bonds. The van der Waals surface area contributed by atoms with E-state index in [4.69, 9.17) is 11.0 Å². The fourth-order valence-electron chi connectivity index (χ4n) is 6.97. The number of Topliss-reactive ketones (excluding diaryl/α,β-unsaturated/α-hetero) is 1. The van der Waals surface area contributed by atoms with Crippen molar-refractivity contribution in [3.63, 3.8) is 0 Å². The van der Waals surface area contributed by atoms with Crippen LogP contribution in [0.1, 0.15) is 108 Å². The molecule has 58 heavy (non-hydrogen) atoms. The van der Waals surface area contributed by atoms with E-state index in [2.05, 4.69) is 42.1 Å². The average molecular weight is 815 g/mol. The molecule has 1 saturated heterocycles. The summed E-state index contributed by atoms with van der Waals surface area (Å²) in [7, 11) is 0. The van der Waals surface area contributed by atoms with Gasteiger partial charge in [-0.2, -0.15) is 0 Å². The Morgan fingerprint density at radius 3 is 2.21 bits per heavy atom. The van der Waals surface area contributed by atoms with Crippen LogP contribution >= 0.6 is 0 Å². The first-order valence-corrected chi connectivity index (χ1v) is 20.0. The second-order valence-electron chi connectivity index (χ2n) is 14.6. The topological polar surface area (TPSA) is 293 Å². The molecule has 5 atom stereocenters. The highest BCUT2D eigenvalue weighted by molar-refractivity contribution is 6.38. The molecule has 19 nitrogen and oxygen atoms in total. The lowest BCUT2D eigenvalue weighted by Gasteiger charge is -2.32. The van der Waals surface area contributed by atoms with Crippen LogP contribution in [0.2, 0.25) is 0 Å². The smallest absolute Gasteiger partial charge is 0.290 e. The van der Waals surface area contributed by atoms with E-state index < -0.39 is 83.9 Å². The number of carbonyl (C=O) groups is 9. The van der Waals surface area contributed by atoms with E-state index in [0.29, 0.717) is 37.7 Å². The zero-order valence-corrected chi connectivity index (χ0v) is 33.0. The molecule has 2 aliphatic rings. The average Bonchev–Trinajstić information content (AvgIpc) is 3.21. The van der Waals surface area contributed by atoms with Crippen LogP contribution in [0.4, 0.5) is 0 Å². The minimum atomic E-state index is -1.33. The first-order valence-electron chi connectivity index (χ1n) is 20.0. The van der Waals surface area contributed by atoms with Gasteiger partial charge in [0, 0.05) is 25.8 Å². The van der Waals surface area contributed by atoms with Gasteiger partial charge in [-0.3, -0.25) is 48.4 Å². The lowest BCUT2D eigenvalue weighted by atomic mass is 9.83. The summed E-state index contributed by atoms with van der Waals surface area (Å²) in [5.41, 5.74) is 5.87. The van der Waals surface area contributed by atoms with Gasteiger partial charge >= 0.3 is 0 Å². The molecular weight excluding hydrogens is 756 g/mol. The van der Waals surface area contributed by atoms with Gasteiger partial charge in [0.05, 0.1) is 19.2 Å². The Morgan fingerprint density at radius 1 is 0.845 bits per heavy atom. The molecule has 1 aliphatic heterocycles. The maximum atomic E-state index is 14.1. The molecule has 19 heteroatoms. The van der Waals surface area contributed by atoms with Crippen LogP contribution in [0.5, 0.6) is 0 Å². The summed E-state index contributed by atoms with van der Waals surface area (Å²) in [4.78, 5) is 122. The number of hydrogen-bond donors (Lipinski definition) is 9.